The normalized spacial score (nSPS) is 11.9. The van der Waals surface area contributed by atoms with Crippen molar-refractivity contribution in [2.75, 3.05) is 18.2 Å². The minimum atomic E-state index is 0.0925. The van der Waals surface area contributed by atoms with Gasteiger partial charge >= 0.3 is 0 Å². The van der Waals surface area contributed by atoms with Crippen molar-refractivity contribution in [1.82, 2.24) is 9.97 Å². The molecular formula is C13H16N4O. The molecule has 2 aromatic heterocycles. The number of hydrogen-bond donors (Lipinski definition) is 2. The molecule has 5 nitrogen and oxygen atoms in total. The number of methoxy groups -OCH3 is 1. The Morgan fingerprint density at radius 3 is 2.61 bits per heavy atom. The average molecular weight is 244 g/mol. The number of anilines is 2. The van der Waals surface area contributed by atoms with Gasteiger partial charge in [0, 0.05) is 18.5 Å². The summed E-state index contributed by atoms with van der Waals surface area (Å²) in [7, 11) is 1.58. The lowest BCUT2D eigenvalue weighted by Gasteiger charge is -2.16. The van der Waals surface area contributed by atoms with Gasteiger partial charge in [0.1, 0.15) is 0 Å². The molecule has 2 heterocycles. The standard InChI is InChI=1S/C13H16N4O/c1-9(10-5-7-15-8-6-10)16-13-11(14)3-4-12(17-13)18-2/h3-9H,14H2,1-2H3,(H,16,17). The van der Waals surface area contributed by atoms with Crippen molar-refractivity contribution < 1.29 is 4.74 Å². The lowest BCUT2D eigenvalue weighted by atomic mass is 10.1. The maximum atomic E-state index is 5.88. The molecule has 0 aromatic carbocycles. The number of ether oxygens (including phenoxy) is 1. The van der Waals surface area contributed by atoms with E-state index in [0.717, 1.165) is 5.56 Å². The number of nitrogen functional groups attached to an aromatic ring is 1. The van der Waals surface area contributed by atoms with E-state index in [1.807, 2.05) is 19.1 Å². The molecule has 18 heavy (non-hydrogen) atoms. The molecule has 0 aliphatic heterocycles. The van der Waals surface area contributed by atoms with Crippen LogP contribution in [0.2, 0.25) is 0 Å². The topological polar surface area (TPSA) is 73.1 Å². The summed E-state index contributed by atoms with van der Waals surface area (Å²) in [6.07, 6.45) is 3.52. The number of rotatable bonds is 4. The Balaban J connectivity index is 2.18. The molecular weight excluding hydrogens is 228 g/mol. The fourth-order valence-corrected chi connectivity index (χ4v) is 1.62. The summed E-state index contributed by atoms with van der Waals surface area (Å²) in [5.41, 5.74) is 7.59. The second kappa shape index (κ2) is 5.35. The summed E-state index contributed by atoms with van der Waals surface area (Å²) >= 11 is 0. The first kappa shape index (κ1) is 12.2. The highest BCUT2D eigenvalue weighted by atomic mass is 16.5. The van der Waals surface area contributed by atoms with Crippen molar-refractivity contribution in [3.63, 3.8) is 0 Å². The van der Waals surface area contributed by atoms with E-state index >= 15 is 0 Å². The van der Waals surface area contributed by atoms with Crippen molar-refractivity contribution in [3.05, 3.63) is 42.2 Å². The number of hydrogen-bond acceptors (Lipinski definition) is 5. The molecule has 0 fully saturated rings. The van der Waals surface area contributed by atoms with Crippen LogP contribution in [0.4, 0.5) is 11.5 Å². The number of aromatic nitrogens is 2. The zero-order valence-corrected chi connectivity index (χ0v) is 10.4. The van der Waals surface area contributed by atoms with Gasteiger partial charge in [0.15, 0.2) is 5.82 Å². The van der Waals surface area contributed by atoms with Gasteiger partial charge in [-0.05, 0) is 30.7 Å². The predicted molar refractivity (Wildman–Crippen MR) is 71.5 cm³/mol. The zero-order chi connectivity index (χ0) is 13.0. The van der Waals surface area contributed by atoms with Gasteiger partial charge in [-0.1, -0.05) is 0 Å². The minimum Gasteiger partial charge on any atom is -0.481 e. The largest absolute Gasteiger partial charge is 0.481 e. The van der Waals surface area contributed by atoms with Gasteiger partial charge < -0.3 is 15.8 Å². The van der Waals surface area contributed by atoms with Crippen LogP contribution in [0, 0.1) is 0 Å². The van der Waals surface area contributed by atoms with Crippen LogP contribution in [0.15, 0.2) is 36.7 Å². The summed E-state index contributed by atoms with van der Waals surface area (Å²) in [4.78, 5) is 8.27. The van der Waals surface area contributed by atoms with Crippen molar-refractivity contribution >= 4 is 11.5 Å². The molecule has 0 aliphatic carbocycles. The highest BCUT2D eigenvalue weighted by molar-refractivity contribution is 5.62. The van der Waals surface area contributed by atoms with Gasteiger partial charge in [-0.25, -0.2) is 0 Å². The Morgan fingerprint density at radius 1 is 1.22 bits per heavy atom. The van der Waals surface area contributed by atoms with Crippen LogP contribution < -0.4 is 15.8 Å². The smallest absolute Gasteiger partial charge is 0.215 e. The van der Waals surface area contributed by atoms with Crippen molar-refractivity contribution in [1.29, 1.82) is 0 Å². The number of pyridine rings is 2. The van der Waals surface area contributed by atoms with E-state index in [-0.39, 0.29) is 6.04 Å². The molecule has 1 unspecified atom stereocenters. The third-order valence-electron chi connectivity index (χ3n) is 2.67. The SMILES string of the molecule is COc1ccc(N)c(NC(C)c2ccncc2)n1. The lowest BCUT2D eigenvalue weighted by Crippen LogP contribution is -2.10. The van der Waals surface area contributed by atoms with E-state index in [1.165, 1.54) is 0 Å². The molecule has 1 atom stereocenters. The van der Waals surface area contributed by atoms with E-state index in [4.69, 9.17) is 10.5 Å². The third kappa shape index (κ3) is 2.68. The maximum Gasteiger partial charge on any atom is 0.215 e. The van der Waals surface area contributed by atoms with E-state index in [2.05, 4.69) is 15.3 Å². The summed E-state index contributed by atoms with van der Waals surface area (Å²) in [6.45, 7) is 2.04. The van der Waals surface area contributed by atoms with E-state index in [0.29, 0.717) is 17.4 Å². The van der Waals surface area contributed by atoms with Crippen LogP contribution in [0.1, 0.15) is 18.5 Å². The molecule has 3 N–H and O–H groups in total. The monoisotopic (exact) mass is 244 g/mol. The van der Waals surface area contributed by atoms with Gasteiger partial charge in [-0.3, -0.25) is 4.98 Å². The molecule has 2 rings (SSSR count). The number of nitrogens with one attached hydrogen (secondary N) is 1. The zero-order valence-electron chi connectivity index (χ0n) is 10.4. The lowest BCUT2D eigenvalue weighted by molar-refractivity contribution is 0.398. The fraction of sp³-hybridized carbons (Fsp3) is 0.231. The first-order valence-corrected chi connectivity index (χ1v) is 5.67. The van der Waals surface area contributed by atoms with E-state index < -0.39 is 0 Å². The fourth-order valence-electron chi connectivity index (χ4n) is 1.62. The first-order valence-electron chi connectivity index (χ1n) is 5.67. The van der Waals surface area contributed by atoms with Gasteiger partial charge in [0.05, 0.1) is 18.8 Å². The van der Waals surface area contributed by atoms with Crippen LogP contribution in [-0.4, -0.2) is 17.1 Å². The van der Waals surface area contributed by atoms with Gasteiger partial charge in [0.25, 0.3) is 0 Å². The van der Waals surface area contributed by atoms with Gasteiger partial charge in [-0.15, -0.1) is 0 Å². The maximum absolute atomic E-state index is 5.88. The Labute approximate surface area is 106 Å². The van der Waals surface area contributed by atoms with Gasteiger partial charge in [-0.2, -0.15) is 4.98 Å². The average Bonchev–Trinajstić information content (AvgIpc) is 2.42. The van der Waals surface area contributed by atoms with Crippen molar-refractivity contribution in [3.8, 4) is 5.88 Å². The molecule has 0 saturated carbocycles. The predicted octanol–water partition coefficient (Wildman–Crippen LogP) is 2.24. The molecule has 0 bridgehead atoms. The highest BCUT2D eigenvalue weighted by Crippen LogP contribution is 2.24. The molecule has 0 aliphatic rings. The number of nitrogens with two attached hydrogens (primary N) is 1. The highest BCUT2D eigenvalue weighted by Gasteiger charge is 2.09. The molecule has 0 spiro atoms. The second-order valence-electron chi connectivity index (χ2n) is 3.94. The Hall–Kier alpha value is -2.30. The van der Waals surface area contributed by atoms with E-state index in [1.54, 1.807) is 31.6 Å². The second-order valence-corrected chi connectivity index (χ2v) is 3.94. The molecule has 94 valence electrons. The van der Waals surface area contributed by atoms with Gasteiger partial charge in [0.2, 0.25) is 5.88 Å². The first-order chi connectivity index (χ1) is 8.70. The molecule has 2 aromatic rings. The molecule has 0 radical (unpaired) electrons. The minimum absolute atomic E-state index is 0.0925. The van der Waals surface area contributed by atoms with Crippen LogP contribution in [0.3, 0.4) is 0 Å². The Bertz CT molecular complexity index is 516. The van der Waals surface area contributed by atoms with Crippen LogP contribution in [0.5, 0.6) is 5.88 Å². The van der Waals surface area contributed by atoms with E-state index in [9.17, 15) is 0 Å². The summed E-state index contributed by atoms with van der Waals surface area (Å²) in [5.74, 6) is 1.16. The molecule has 0 saturated heterocycles. The summed E-state index contributed by atoms with van der Waals surface area (Å²) in [6, 6.07) is 7.50. The molecule has 0 amide bonds. The summed E-state index contributed by atoms with van der Waals surface area (Å²) in [5, 5.41) is 3.26. The summed E-state index contributed by atoms with van der Waals surface area (Å²) < 4.78 is 5.08. The quantitative estimate of drug-likeness (QED) is 0.862. The van der Waals surface area contributed by atoms with Crippen LogP contribution in [0.25, 0.3) is 0 Å². The number of nitrogens with zero attached hydrogens (tertiary/aromatic N) is 2. The third-order valence-corrected chi connectivity index (χ3v) is 2.67. The Kier molecular flexibility index (Phi) is 3.62. The van der Waals surface area contributed by atoms with Crippen LogP contribution in [-0.2, 0) is 0 Å². The Morgan fingerprint density at radius 2 is 1.94 bits per heavy atom. The molecule has 5 heteroatoms. The van der Waals surface area contributed by atoms with Crippen LogP contribution >= 0.6 is 0 Å². The van der Waals surface area contributed by atoms with Crippen molar-refractivity contribution in [2.24, 2.45) is 0 Å². The van der Waals surface area contributed by atoms with Crippen molar-refractivity contribution in [2.45, 2.75) is 13.0 Å².